The highest BCUT2D eigenvalue weighted by atomic mass is 32.2. The van der Waals surface area contributed by atoms with Crippen molar-refractivity contribution in [3.05, 3.63) is 66.2 Å². The van der Waals surface area contributed by atoms with E-state index >= 15 is 0 Å². The Hall–Kier alpha value is -3.43. The number of fused-ring (bicyclic) bond motifs is 1. The molecule has 32 heavy (non-hydrogen) atoms. The van der Waals surface area contributed by atoms with Crippen LogP contribution in [0.1, 0.15) is 23.2 Å². The number of carbonyl (C=O) groups excluding carboxylic acids is 2. The average Bonchev–Trinajstić information content (AvgIpc) is 3.60. The van der Waals surface area contributed by atoms with E-state index in [-0.39, 0.29) is 22.3 Å². The number of nitrogens with one attached hydrogen (secondary N) is 2. The van der Waals surface area contributed by atoms with Crippen molar-refractivity contribution in [2.24, 2.45) is 0 Å². The second kappa shape index (κ2) is 8.97. The van der Waals surface area contributed by atoms with Gasteiger partial charge in [0.1, 0.15) is 10.6 Å². The van der Waals surface area contributed by atoms with E-state index in [4.69, 9.17) is 9.47 Å². The molecule has 0 radical (unpaired) electrons. The van der Waals surface area contributed by atoms with E-state index in [1.807, 2.05) is 36.4 Å². The van der Waals surface area contributed by atoms with Crippen molar-refractivity contribution in [3.63, 3.8) is 0 Å². The maximum atomic E-state index is 12.6. The lowest BCUT2D eigenvalue weighted by molar-refractivity contribution is -0.119. The van der Waals surface area contributed by atoms with Gasteiger partial charge < -0.3 is 14.8 Å². The van der Waals surface area contributed by atoms with Gasteiger partial charge in [-0.15, -0.1) is 0 Å². The zero-order valence-electron chi connectivity index (χ0n) is 17.3. The van der Waals surface area contributed by atoms with Crippen LogP contribution in [0.25, 0.3) is 10.8 Å². The summed E-state index contributed by atoms with van der Waals surface area (Å²) in [5.74, 6) is -1.21. The summed E-state index contributed by atoms with van der Waals surface area (Å²) < 4.78 is 38.0. The quantitative estimate of drug-likeness (QED) is 0.506. The molecule has 0 saturated heterocycles. The summed E-state index contributed by atoms with van der Waals surface area (Å²) in [4.78, 5) is 24.7. The molecule has 2 N–H and O–H groups in total. The van der Waals surface area contributed by atoms with Gasteiger partial charge in [-0.25, -0.2) is 17.9 Å². The minimum absolute atomic E-state index is 0.0000622. The maximum absolute atomic E-state index is 12.6. The third-order valence-electron chi connectivity index (χ3n) is 4.99. The molecule has 1 aliphatic carbocycles. The minimum Gasteiger partial charge on any atom is -0.495 e. The lowest BCUT2D eigenvalue weighted by Gasteiger charge is -2.12. The number of carbonyl (C=O) groups is 2. The van der Waals surface area contributed by atoms with Crippen molar-refractivity contribution in [2.75, 3.05) is 19.0 Å². The van der Waals surface area contributed by atoms with Gasteiger partial charge in [0.15, 0.2) is 6.61 Å². The number of benzene rings is 3. The van der Waals surface area contributed by atoms with Gasteiger partial charge in [-0.1, -0.05) is 36.4 Å². The van der Waals surface area contributed by atoms with E-state index in [0.29, 0.717) is 5.69 Å². The lowest BCUT2D eigenvalue weighted by Crippen LogP contribution is -2.26. The number of hydrogen-bond donors (Lipinski definition) is 2. The smallest absolute Gasteiger partial charge is 0.338 e. The van der Waals surface area contributed by atoms with Crippen LogP contribution < -0.4 is 14.8 Å². The van der Waals surface area contributed by atoms with Crippen molar-refractivity contribution < 1.29 is 27.5 Å². The Morgan fingerprint density at radius 3 is 2.53 bits per heavy atom. The van der Waals surface area contributed by atoms with Crippen LogP contribution in [0.2, 0.25) is 0 Å². The van der Waals surface area contributed by atoms with E-state index in [0.717, 1.165) is 23.6 Å². The molecule has 3 aromatic carbocycles. The standard InChI is InChI=1S/C23H22N2O6S/c1-30-20-12-9-16(13-21(20)32(28,29)25-17-10-11-17)23(27)31-14-22(26)24-19-8-4-6-15-5-2-3-7-18(15)19/h2-9,12-13,17,25H,10-11,14H2,1H3,(H,24,26). The van der Waals surface area contributed by atoms with E-state index in [1.165, 1.54) is 25.3 Å². The molecular weight excluding hydrogens is 432 g/mol. The first-order chi connectivity index (χ1) is 15.4. The van der Waals surface area contributed by atoms with E-state index < -0.39 is 28.5 Å². The first kappa shape index (κ1) is 21.8. The lowest BCUT2D eigenvalue weighted by atomic mass is 10.1. The minimum atomic E-state index is -3.85. The predicted octanol–water partition coefficient (Wildman–Crippen LogP) is 3.08. The number of rotatable bonds is 8. The van der Waals surface area contributed by atoms with Gasteiger partial charge in [-0.3, -0.25) is 4.79 Å². The molecule has 0 atom stereocenters. The van der Waals surface area contributed by atoms with Crippen LogP contribution >= 0.6 is 0 Å². The molecule has 166 valence electrons. The summed E-state index contributed by atoms with van der Waals surface area (Å²) in [6.07, 6.45) is 1.55. The van der Waals surface area contributed by atoms with Crippen molar-refractivity contribution >= 4 is 38.4 Å². The summed E-state index contributed by atoms with van der Waals surface area (Å²) in [5.41, 5.74) is 0.605. The SMILES string of the molecule is COc1ccc(C(=O)OCC(=O)Nc2cccc3ccccc23)cc1S(=O)(=O)NC1CC1. The molecule has 4 rings (SSSR count). The number of sulfonamides is 1. The monoisotopic (exact) mass is 454 g/mol. The molecule has 1 aliphatic rings. The Balaban J connectivity index is 1.44. The number of ether oxygens (including phenoxy) is 2. The van der Waals surface area contributed by atoms with Crippen LogP contribution in [0, 0.1) is 0 Å². The van der Waals surface area contributed by atoms with Crippen LogP contribution in [0.5, 0.6) is 5.75 Å². The Labute approximate surface area is 185 Å². The Bertz CT molecular complexity index is 1280. The van der Waals surface area contributed by atoms with Crippen LogP contribution in [0.15, 0.2) is 65.6 Å². The summed E-state index contributed by atoms with van der Waals surface area (Å²) >= 11 is 0. The van der Waals surface area contributed by atoms with E-state index in [9.17, 15) is 18.0 Å². The Morgan fingerprint density at radius 1 is 1.03 bits per heavy atom. The normalized spacial score (nSPS) is 13.5. The molecule has 1 amide bonds. The number of methoxy groups -OCH3 is 1. The molecule has 0 spiro atoms. The fraction of sp³-hybridized carbons (Fsp3) is 0.217. The second-order valence-corrected chi connectivity index (χ2v) is 9.09. The largest absolute Gasteiger partial charge is 0.495 e. The molecule has 9 heteroatoms. The topological polar surface area (TPSA) is 111 Å². The highest BCUT2D eigenvalue weighted by Gasteiger charge is 2.30. The molecule has 1 fully saturated rings. The molecule has 0 heterocycles. The van der Waals surface area contributed by atoms with Crippen molar-refractivity contribution in [1.82, 2.24) is 4.72 Å². The van der Waals surface area contributed by atoms with Gasteiger partial charge in [0.05, 0.1) is 12.7 Å². The van der Waals surface area contributed by atoms with Crippen LogP contribution in [0.4, 0.5) is 5.69 Å². The van der Waals surface area contributed by atoms with Gasteiger partial charge in [0, 0.05) is 17.1 Å². The summed E-state index contributed by atoms with van der Waals surface area (Å²) in [6, 6.07) is 16.9. The van der Waals surface area contributed by atoms with Gasteiger partial charge in [0.2, 0.25) is 10.0 Å². The van der Waals surface area contributed by atoms with E-state index in [2.05, 4.69) is 10.0 Å². The fourth-order valence-electron chi connectivity index (χ4n) is 3.23. The molecular formula is C23H22N2O6S. The van der Waals surface area contributed by atoms with Gasteiger partial charge >= 0.3 is 5.97 Å². The molecule has 0 aliphatic heterocycles. The molecule has 0 aromatic heterocycles. The number of esters is 1. The number of hydrogen-bond acceptors (Lipinski definition) is 6. The van der Waals surface area contributed by atoms with Crippen LogP contribution in [-0.4, -0.2) is 40.1 Å². The second-order valence-electron chi connectivity index (χ2n) is 7.41. The molecule has 0 bridgehead atoms. The summed E-state index contributed by atoms with van der Waals surface area (Å²) in [5, 5.41) is 4.56. The zero-order valence-corrected chi connectivity index (χ0v) is 18.1. The summed E-state index contributed by atoms with van der Waals surface area (Å²) in [7, 11) is -2.50. The number of amides is 1. The maximum Gasteiger partial charge on any atom is 0.338 e. The molecule has 8 nitrogen and oxygen atoms in total. The van der Waals surface area contributed by atoms with Crippen molar-refractivity contribution in [1.29, 1.82) is 0 Å². The molecule has 1 saturated carbocycles. The Morgan fingerprint density at radius 2 is 1.78 bits per heavy atom. The van der Waals surface area contributed by atoms with Crippen molar-refractivity contribution in [2.45, 2.75) is 23.8 Å². The highest BCUT2D eigenvalue weighted by Crippen LogP contribution is 2.28. The van der Waals surface area contributed by atoms with Crippen molar-refractivity contribution in [3.8, 4) is 5.75 Å². The average molecular weight is 455 g/mol. The third kappa shape index (κ3) is 4.90. The highest BCUT2D eigenvalue weighted by molar-refractivity contribution is 7.89. The van der Waals surface area contributed by atoms with Gasteiger partial charge in [-0.05, 0) is 42.5 Å². The zero-order chi connectivity index (χ0) is 22.7. The van der Waals surface area contributed by atoms with Gasteiger partial charge in [0.25, 0.3) is 5.91 Å². The molecule has 0 unspecified atom stereocenters. The summed E-state index contributed by atoms with van der Waals surface area (Å²) in [6.45, 7) is -0.517. The van der Waals surface area contributed by atoms with Crippen LogP contribution in [0.3, 0.4) is 0 Å². The molecule has 3 aromatic rings. The Kier molecular flexibility index (Phi) is 6.11. The first-order valence-electron chi connectivity index (χ1n) is 10.0. The number of anilines is 1. The third-order valence-corrected chi connectivity index (χ3v) is 6.53. The fourth-order valence-corrected chi connectivity index (χ4v) is 4.73. The first-order valence-corrected chi connectivity index (χ1v) is 11.5. The van der Waals surface area contributed by atoms with Crippen LogP contribution in [-0.2, 0) is 19.6 Å². The van der Waals surface area contributed by atoms with Gasteiger partial charge in [-0.2, -0.15) is 0 Å². The van der Waals surface area contributed by atoms with E-state index in [1.54, 1.807) is 6.07 Å². The predicted molar refractivity (Wildman–Crippen MR) is 119 cm³/mol.